The van der Waals surface area contributed by atoms with Crippen molar-refractivity contribution in [2.75, 3.05) is 45.9 Å². The van der Waals surface area contributed by atoms with Crippen molar-refractivity contribution in [2.45, 2.75) is 38.6 Å². The van der Waals surface area contributed by atoms with Gasteiger partial charge in [0.05, 0.1) is 19.1 Å². The van der Waals surface area contributed by atoms with Crippen LogP contribution >= 0.6 is 11.3 Å². The molecule has 1 atom stereocenters. The van der Waals surface area contributed by atoms with Crippen LogP contribution in [0.5, 0.6) is 0 Å². The van der Waals surface area contributed by atoms with Gasteiger partial charge in [-0.25, -0.2) is 4.39 Å². The Kier molecular flexibility index (Phi) is 8.51. The number of esters is 1. The summed E-state index contributed by atoms with van der Waals surface area (Å²) >= 11 is 1.73. The fourth-order valence-electron chi connectivity index (χ4n) is 4.88. The summed E-state index contributed by atoms with van der Waals surface area (Å²) in [7, 11) is 0. The maximum Gasteiger partial charge on any atom is 0.306 e. The molecule has 3 heterocycles. The van der Waals surface area contributed by atoms with E-state index in [4.69, 9.17) is 4.74 Å². The molecule has 1 fully saturated rings. The third-order valence-corrected chi connectivity index (χ3v) is 7.67. The zero-order chi connectivity index (χ0) is 24.8. The fourth-order valence-corrected chi connectivity index (χ4v) is 5.78. The predicted octanol–water partition coefficient (Wildman–Crippen LogP) is 3.24. The zero-order valence-electron chi connectivity index (χ0n) is 20.1. The molecule has 0 aliphatic carbocycles. The van der Waals surface area contributed by atoms with Gasteiger partial charge in [-0.3, -0.25) is 19.3 Å². The molecule has 2 aliphatic heterocycles. The molecule has 0 spiro atoms. The van der Waals surface area contributed by atoms with Crippen molar-refractivity contribution in [1.29, 1.82) is 0 Å². The second-order valence-electron chi connectivity index (χ2n) is 8.86. The van der Waals surface area contributed by atoms with Crippen molar-refractivity contribution in [3.63, 3.8) is 0 Å². The van der Waals surface area contributed by atoms with Crippen LogP contribution in [-0.4, -0.2) is 78.4 Å². The Labute approximate surface area is 209 Å². The quantitative estimate of drug-likeness (QED) is 0.520. The lowest BCUT2D eigenvalue weighted by Crippen LogP contribution is -2.51. The standard InChI is InChI=1S/C26H32FN3O4S/c1-2-34-25(33)7-6-23(31)28-13-15-29(16-14-28)24(32)9-12-30-11-8-22-21(10-17-35-22)26(30)19-4-3-5-20(27)18-19/h3-5,10,17-18,26H,2,6-9,11-16H2,1H3/t26-/m0/s1. The molecule has 2 aromatic rings. The fraction of sp³-hybridized carbons (Fsp3) is 0.500. The summed E-state index contributed by atoms with van der Waals surface area (Å²) in [6.07, 6.45) is 1.52. The lowest BCUT2D eigenvalue weighted by atomic mass is 9.93. The first kappa shape index (κ1) is 25.3. The minimum absolute atomic E-state index is 0.0534. The van der Waals surface area contributed by atoms with Gasteiger partial charge in [-0.05, 0) is 48.1 Å². The Morgan fingerprint density at radius 2 is 1.71 bits per heavy atom. The number of piperazine rings is 1. The summed E-state index contributed by atoms with van der Waals surface area (Å²) in [5, 5.41) is 2.08. The molecule has 0 saturated carbocycles. The highest BCUT2D eigenvalue weighted by atomic mass is 32.1. The molecule has 0 N–H and O–H groups in total. The Morgan fingerprint density at radius 1 is 1.00 bits per heavy atom. The molecule has 1 aromatic heterocycles. The first-order chi connectivity index (χ1) is 17.0. The minimum Gasteiger partial charge on any atom is -0.466 e. The summed E-state index contributed by atoms with van der Waals surface area (Å²) in [5.74, 6) is -0.630. The van der Waals surface area contributed by atoms with E-state index in [-0.39, 0.29) is 42.5 Å². The van der Waals surface area contributed by atoms with Crippen LogP contribution in [0.15, 0.2) is 35.7 Å². The molecule has 0 unspecified atom stereocenters. The first-order valence-corrected chi connectivity index (χ1v) is 13.1. The van der Waals surface area contributed by atoms with Crippen LogP contribution in [0.4, 0.5) is 4.39 Å². The average molecular weight is 502 g/mol. The number of carbonyl (C=O) groups excluding carboxylic acids is 3. The topological polar surface area (TPSA) is 70.2 Å². The number of ether oxygens (including phenoxy) is 1. The SMILES string of the molecule is CCOC(=O)CCC(=O)N1CCN(C(=O)CCN2CCc3sccc3[C@@H]2c2cccc(F)c2)CC1. The number of hydrogen-bond donors (Lipinski definition) is 0. The number of rotatable bonds is 8. The molecular formula is C26H32FN3O4S. The maximum absolute atomic E-state index is 14.0. The smallest absolute Gasteiger partial charge is 0.306 e. The van der Waals surface area contributed by atoms with E-state index in [9.17, 15) is 18.8 Å². The monoisotopic (exact) mass is 501 g/mol. The van der Waals surface area contributed by atoms with Crippen molar-refractivity contribution < 1.29 is 23.5 Å². The van der Waals surface area contributed by atoms with E-state index in [1.165, 1.54) is 16.5 Å². The Bertz CT molecular complexity index is 1050. The maximum atomic E-state index is 14.0. The number of thiophene rings is 1. The van der Waals surface area contributed by atoms with Gasteiger partial charge in [-0.15, -0.1) is 11.3 Å². The summed E-state index contributed by atoms with van der Waals surface area (Å²) < 4.78 is 18.9. The number of hydrogen-bond acceptors (Lipinski definition) is 6. The molecule has 0 bridgehead atoms. The van der Waals surface area contributed by atoms with Gasteiger partial charge in [0.2, 0.25) is 11.8 Å². The van der Waals surface area contributed by atoms with Crippen LogP contribution in [0.25, 0.3) is 0 Å². The lowest BCUT2D eigenvalue weighted by Gasteiger charge is -2.38. The van der Waals surface area contributed by atoms with E-state index < -0.39 is 0 Å². The molecule has 4 rings (SSSR count). The van der Waals surface area contributed by atoms with Crippen molar-refractivity contribution in [1.82, 2.24) is 14.7 Å². The summed E-state index contributed by atoms with van der Waals surface area (Å²) in [5.41, 5.74) is 2.11. The summed E-state index contributed by atoms with van der Waals surface area (Å²) in [6.45, 7) is 5.39. The number of fused-ring (bicyclic) bond motifs is 1. The van der Waals surface area contributed by atoms with E-state index in [1.54, 1.807) is 35.3 Å². The van der Waals surface area contributed by atoms with Gasteiger partial charge in [0.1, 0.15) is 5.82 Å². The molecule has 2 amide bonds. The van der Waals surface area contributed by atoms with E-state index in [2.05, 4.69) is 16.3 Å². The summed E-state index contributed by atoms with van der Waals surface area (Å²) in [4.78, 5) is 44.0. The highest BCUT2D eigenvalue weighted by Crippen LogP contribution is 2.38. The first-order valence-electron chi connectivity index (χ1n) is 12.2. The molecule has 188 valence electrons. The number of carbonyl (C=O) groups is 3. The van der Waals surface area contributed by atoms with Gasteiger partial charge in [0.25, 0.3) is 0 Å². The highest BCUT2D eigenvalue weighted by Gasteiger charge is 2.31. The molecule has 7 nitrogen and oxygen atoms in total. The lowest BCUT2D eigenvalue weighted by molar-refractivity contribution is -0.146. The van der Waals surface area contributed by atoms with Crippen LogP contribution in [0.1, 0.15) is 48.2 Å². The van der Waals surface area contributed by atoms with E-state index in [0.29, 0.717) is 45.8 Å². The largest absolute Gasteiger partial charge is 0.466 e. The summed E-state index contributed by atoms with van der Waals surface area (Å²) in [6, 6.07) is 8.79. The minimum atomic E-state index is -0.363. The van der Waals surface area contributed by atoms with Crippen LogP contribution in [0.3, 0.4) is 0 Å². The average Bonchev–Trinajstić information content (AvgIpc) is 3.34. The van der Waals surface area contributed by atoms with Gasteiger partial charge in [0, 0.05) is 57.0 Å². The normalized spacial score (nSPS) is 18.3. The molecule has 0 radical (unpaired) electrons. The molecule has 1 saturated heterocycles. The molecule has 35 heavy (non-hydrogen) atoms. The van der Waals surface area contributed by atoms with Gasteiger partial charge in [-0.2, -0.15) is 0 Å². The zero-order valence-corrected chi connectivity index (χ0v) is 20.9. The molecule has 9 heteroatoms. The van der Waals surface area contributed by atoms with Crippen molar-refractivity contribution in [3.8, 4) is 0 Å². The van der Waals surface area contributed by atoms with Crippen LogP contribution in [0, 0.1) is 5.82 Å². The second-order valence-corrected chi connectivity index (χ2v) is 9.86. The van der Waals surface area contributed by atoms with Gasteiger partial charge in [0.15, 0.2) is 0 Å². The van der Waals surface area contributed by atoms with Crippen molar-refractivity contribution in [3.05, 3.63) is 57.5 Å². The van der Waals surface area contributed by atoms with E-state index in [0.717, 1.165) is 18.5 Å². The third kappa shape index (κ3) is 6.27. The van der Waals surface area contributed by atoms with E-state index >= 15 is 0 Å². The Hall–Kier alpha value is -2.78. The van der Waals surface area contributed by atoms with Crippen LogP contribution < -0.4 is 0 Å². The Balaban J connectivity index is 1.30. The number of halogens is 1. The second kappa shape index (κ2) is 11.8. The molecular weight excluding hydrogens is 469 g/mol. The predicted molar refractivity (Wildman–Crippen MR) is 131 cm³/mol. The van der Waals surface area contributed by atoms with Crippen LogP contribution in [0.2, 0.25) is 0 Å². The number of amides is 2. The number of benzene rings is 1. The third-order valence-electron chi connectivity index (χ3n) is 6.68. The molecule has 2 aliphatic rings. The van der Waals surface area contributed by atoms with Gasteiger partial charge < -0.3 is 14.5 Å². The van der Waals surface area contributed by atoms with Crippen molar-refractivity contribution >= 4 is 29.1 Å². The van der Waals surface area contributed by atoms with Crippen LogP contribution in [-0.2, 0) is 25.5 Å². The van der Waals surface area contributed by atoms with E-state index in [1.807, 2.05) is 11.0 Å². The molecule has 1 aromatic carbocycles. The Morgan fingerprint density at radius 3 is 2.40 bits per heavy atom. The van der Waals surface area contributed by atoms with Crippen molar-refractivity contribution in [2.24, 2.45) is 0 Å². The highest BCUT2D eigenvalue weighted by molar-refractivity contribution is 7.10. The van der Waals surface area contributed by atoms with Gasteiger partial charge in [-0.1, -0.05) is 12.1 Å². The number of nitrogens with zero attached hydrogens (tertiary/aromatic N) is 3. The van der Waals surface area contributed by atoms with Gasteiger partial charge >= 0.3 is 5.97 Å².